The number of aromatic amines is 1. The molecule has 0 radical (unpaired) electrons. The van der Waals surface area contributed by atoms with E-state index in [1.165, 1.54) is 18.3 Å². The van der Waals surface area contributed by atoms with Crippen LogP contribution in [-0.4, -0.2) is 9.97 Å². The summed E-state index contributed by atoms with van der Waals surface area (Å²) in [6, 6.07) is 4.37. The minimum atomic E-state index is -0.355. The Labute approximate surface area is 99.5 Å². The summed E-state index contributed by atoms with van der Waals surface area (Å²) in [5, 5.41) is 0. The molecule has 1 aromatic heterocycles. The van der Waals surface area contributed by atoms with Gasteiger partial charge < -0.3 is 4.98 Å². The smallest absolute Gasteiger partial charge is 0.265 e. The zero-order valence-corrected chi connectivity index (χ0v) is 10.0. The highest BCUT2D eigenvalue weighted by Crippen LogP contribution is 2.20. The lowest BCUT2D eigenvalue weighted by atomic mass is 10.1. The molecule has 2 aromatic rings. The van der Waals surface area contributed by atoms with E-state index in [4.69, 9.17) is 0 Å². The predicted octanol–water partition coefficient (Wildman–Crippen LogP) is 2.65. The second kappa shape index (κ2) is 4.17. The molecule has 1 aromatic carbocycles. The lowest BCUT2D eigenvalue weighted by Gasteiger charge is -2.04. The third kappa shape index (κ3) is 2.04. The molecule has 0 fully saturated rings. The van der Waals surface area contributed by atoms with Gasteiger partial charge in [-0.25, -0.2) is 9.37 Å². The van der Waals surface area contributed by atoms with Crippen LogP contribution in [-0.2, 0) is 0 Å². The Balaban J connectivity index is 2.63. The van der Waals surface area contributed by atoms with Crippen LogP contribution in [0.1, 0.15) is 5.56 Å². The number of aryl methyl sites for hydroxylation is 1. The van der Waals surface area contributed by atoms with Crippen molar-refractivity contribution in [3.8, 4) is 11.4 Å². The quantitative estimate of drug-likeness (QED) is 0.874. The van der Waals surface area contributed by atoms with Gasteiger partial charge in [0.2, 0.25) is 0 Å². The molecule has 1 N–H and O–H groups in total. The lowest BCUT2D eigenvalue weighted by molar-refractivity contribution is 0.627. The summed E-state index contributed by atoms with van der Waals surface area (Å²) in [5.41, 5.74) is 1.16. The Morgan fingerprint density at radius 3 is 2.88 bits per heavy atom. The minimum Gasteiger partial charge on any atom is -0.306 e. The van der Waals surface area contributed by atoms with Gasteiger partial charge in [0.05, 0.1) is 0 Å². The molecular formula is C11H8BrFN2O. The number of hydrogen-bond donors (Lipinski definition) is 1. The number of aromatic nitrogens is 2. The first-order valence-electron chi connectivity index (χ1n) is 4.59. The van der Waals surface area contributed by atoms with Crippen molar-refractivity contribution in [1.82, 2.24) is 9.97 Å². The molecule has 3 nitrogen and oxygen atoms in total. The fourth-order valence-corrected chi connectivity index (χ4v) is 1.57. The summed E-state index contributed by atoms with van der Waals surface area (Å²) < 4.78 is 13.4. The number of nitrogens with zero attached hydrogens (tertiary/aromatic N) is 1. The first kappa shape index (κ1) is 11.0. The topological polar surface area (TPSA) is 45.8 Å². The zero-order chi connectivity index (χ0) is 11.7. The molecule has 0 atom stereocenters. The number of benzene rings is 1. The van der Waals surface area contributed by atoms with E-state index in [9.17, 15) is 9.18 Å². The van der Waals surface area contributed by atoms with Gasteiger partial charge in [-0.05, 0) is 40.5 Å². The van der Waals surface area contributed by atoms with Crippen molar-refractivity contribution >= 4 is 15.9 Å². The molecule has 0 aliphatic heterocycles. The molecule has 5 heteroatoms. The van der Waals surface area contributed by atoms with Gasteiger partial charge >= 0.3 is 0 Å². The van der Waals surface area contributed by atoms with Crippen LogP contribution in [0.25, 0.3) is 11.4 Å². The van der Waals surface area contributed by atoms with Gasteiger partial charge in [-0.2, -0.15) is 0 Å². The Kier molecular flexibility index (Phi) is 2.87. The van der Waals surface area contributed by atoms with E-state index in [2.05, 4.69) is 25.9 Å². The number of halogens is 2. The number of rotatable bonds is 1. The van der Waals surface area contributed by atoms with Crippen molar-refractivity contribution in [2.75, 3.05) is 0 Å². The zero-order valence-electron chi connectivity index (χ0n) is 8.42. The summed E-state index contributed by atoms with van der Waals surface area (Å²) in [7, 11) is 0. The highest BCUT2D eigenvalue weighted by molar-refractivity contribution is 9.10. The van der Waals surface area contributed by atoms with Crippen LogP contribution in [0.15, 0.2) is 33.7 Å². The molecule has 82 valence electrons. The highest BCUT2D eigenvalue weighted by Gasteiger charge is 2.06. The standard InChI is InChI=1S/C11H8BrFN2O/c1-6-2-3-7(13)4-8(6)10-14-5-9(12)11(16)15-10/h2-5H,1H3,(H,14,15,16). The maximum atomic E-state index is 13.1. The SMILES string of the molecule is Cc1ccc(F)cc1-c1ncc(Br)c(=O)[nH]1. The van der Waals surface area contributed by atoms with Crippen molar-refractivity contribution < 1.29 is 4.39 Å². The van der Waals surface area contributed by atoms with Gasteiger partial charge in [-0.15, -0.1) is 0 Å². The monoisotopic (exact) mass is 282 g/mol. The van der Waals surface area contributed by atoms with E-state index in [1.807, 2.05) is 6.92 Å². The molecule has 0 unspecified atom stereocenters. The first-order valence-corrected chi connectivity index (χ1v) is 5.38. The maximum absolute atomic E-state index is 13.1. The Hall–Kier alpha value is -1.49. The summed E-state index contributed by atoms with van der Waals surface area (Å²) >= 11 is 3.05. The van der Waals surface area contributed by atoms with Crippen molar-refractivity contribution in [2.24, 2.45) is 0 Å². The molecule has 0 saturated heterocycles. The predicted molar refractivity (Wildman–Crippen MR) is 62.7 cm³/mol. The maximum Gasteiger partial charge on any atom is 0.265 e. The Morgan fingerprint density at radius 1 is 1.44 bits per heavy atom. The molecule has 0 spiro atoms. The van der Waals surface area contributed by atoms with Crippen molar-refractivity contribution in [2.45, 2.75) is 6.92 Å². The molecule has 2 rings (SSSR count). The van der Waals surface area contributed by atoms with Crippen LogP contribution < -0.4 is 5.56 Å². The minimum absolute atomic E-state index is 0.284. The summed E-state index contributed by atoms with van der Waals surface area (Å²) in [4.78, 5) is 18.0. The molecular weight excluding hydrogens is 275 g/mol. The largest absolute Gasteiger partial charge is 0.306 e. The van der Waals surface area contributed by atoms with Crippen molar-refractivity contribution in [3.05, 3.63) is 50.6 Å². The van der Waals surface area contributed by atoms with Gasteiger partial charge in [-0.3, -0.25) is 4.79 Å². The number of nitrogens with one attached hydrogen (secondary N) is 1. The van der Waals surface area contributed by atoms with E-state index >= 15 is 0 Å². The van der Waals surface area contributed by atoms with E-state index in [0.29, 0.717) is 15.9 Å². The number of H-pyrrole nitrogens is 1. The second-order valence-electron chi connectivity index (χ2n) is 3.37. The third-order valence-corrected chi connectivity index (χ3v) is 2.78. The van der Waals surface area contributed by atoms with E-state index in [1.54, 1.807) is 6.07 Å². The van der Waals surface area contributed by atoms with Gasteiger partial charge in [-0.1, -0.05) is 6.07 Å². The summed E-state index contributed by atoms with van der Waals surface area (Å²) in [6.45, 7) is 1.83. The first-order chi connectivity index (χ1) is 7.58. The van der Waals surface area contributed by atoms with Crippen LogP contribution >= 0.6 is 15.9 Å². The highest BCUT2D eigenvalue weighted by atomic mass is 79.9. The molecule has 0 saturated carbocycles. The lowest BCUT2D eigenvalue weighted by Crippen LogP contribution is -2.09. The fraction of sp³-hybridized carbons (Fsp3) is 0.0909. The van der Waals surface area contributed by atoms with E-state index in [0.717, 1.165) is 5.56 Å². The molecule has 0 amide bonds. The number of hydrogen-bond acceptors (Lipinski definition) is 2. The van der Waals surface area contributed by atoms with Crippen LogP contribution in [0.2, 0.25) is 0 Å². The average molecular weight is 283 g/mol. The Morgan fingerprint density at radius 2 is 2.19 bits per heavy atom. The molecule has 0 bridgehead atoms. The van der Waals surface area contributed by atoms with Gasteiger partial charge in [0.1, 0.15) is 16.1 Å². The average Bonchev–Trinajstić information content (AvgIpc) is 2.26. The molecule has 16 heavy (non-hydrogen) atoms. The van der Waals surface area contributed by atoms with Crippen LogP contribution in [0, 0.1) is 12.7 Å². The van der Waals surface area contributed by atoms with Crippen molar-refractivity contribution in [3.63, 3.8) is 0 Å². The van der Waals surface area contributed by atoms with Gasteiger partial charge in [0.15, 0.2) is 0 Å². The molecule has 0 aliphatic rings. The van der Waals surface area contributed by atoms with Crippen molar-refractivity contribution in [1.29, 1.82) is 0 Å². The van der Waals surface area contributed by atoms with Crippen LogP contribution in [0.5, 0.6) is 0 Å². The third-order valence-electron chi connectivity index (χ3n) is 2.21. The van der Waals surface area contributed by atoms with E-state index in [-0.39, 0.29) is 11.4 Å². The van der Waals surface area contributed by atoms with Gasteiger partial charge in [0.25, 0.3) is 5.56 Å². The molecule has 0 aliphatic carbocycles. The molecule has 1 heterocycles. The fourth-order valence-electron chi connectivity index (χ4n) is 1.37. The second-order valence-corrected chi connectivity index (χ2v) is 4.22. The summed E-state index contributed by atoms with van der Waals surface area (Å²) in [5.74, 6) is 0.0105. The Bertz CT molecular complexity index is 595. The van der Waals surface area contributed by atoms with Crippen LogP contribution in [0.4, 0.5) is 4.39 Å². The summed E-state index contributed by atoms with van der Waals surface area (Å²) in [6.07, 6.45) is 1.40. The normalized spacial score (nSPS) is 10.4. The van der Waals surface area contributed by atoms with Crippen LogP contribution in [0.3, 0.4) is 0 Å². The van der Waals surface area contributed by atoms with Gasteiger partial charge in [0, 0.05) is 11.8 Å². The van der Waals surface area contributed by atoms with E-state index < -0.39 is 0 Å².